The molecule has 0 aromatic heterocycles. The summed E-state index contributed by atoms with van der Waals surface area (Å²) in [7, 11) is -1.44. The van der Waals surface area contributed by atoms with Crippen LogP contribution in [0, 0.1) is 0 Å². The molecule has 2 N–H and O–H groups in total. The lowest BCUT2D eigenvalue weighted by atomic mass is 9.80. The minimum Gasteiger partial charge on any atom is -0.458 e. The van der Waals surface area contributed by atoms with Crippen LogP contribution in [0.15, 0.2) is 48.3 Å². The molecule has 0 radical (unpaired) electrons. The van der Waals surface area contributed by atoms with E-state index in [4.69, 9.17) is 14.8 Å². The molecule has 0 fully saturated rings. The second-order valence-corrected chi connectivity index (χ2v) is 3.55. The molecule has 0 unspecified atom stereocenters. The molecule has 0 spiro atoms. The van der Waals surface area contributed by atoms with Crippen LogP contribution in [-0.4, -0.2) is 17.2 Å². The first-order valence-corrected chi connectivity index (χ1v) is 5.64. The summed E-state index contributed by atoms with van der Waals surface area (Å²) in [6.45, 7) is 3.96. The molecule has 0 aliphatic heterocycles. The fourth-order valence-corrected chi connectivity index (χ4v) is 1.27. The maximum atomic E-state index is 8.95. The summed E-state index contributed by atoms with van der Waals surface area (Å²) in [6, 6.07) is 6.66. The van der Waals surface area contributed by atoms with E-state index in [1.807, 2.05) is 25.2 Å². The van der Waals surface area contributed by atoms with Crippen molar-refractivity contribution in [3.8, 4) is 5.75 Å². The third kappa shape index (κ3) is 4.47. The van der Waals surface area contributed by atoms with Crippen LogP contribution in [0.1, 0.15) is 20.3 Å². The largest absolute Gasteiger partial charge is 0.488 e. The van der Waals surface area contributed by atoms with Crippen LogP contribution in [0.3, 0.4) is 0 Å². The van der Waals surface area contributed by atoms with Crippen molar-refractivity contribution < 1.29 is 14.8 Å². The van der Waals surface area contributed by atoms with E-state index in [1.54, 1.807) is 24.3 Å². The molecule has 0 aliphatic carbocycles. The van der Waals surface area contributed by atoms with Gasteiger partial charge >= 0.3 is 7.12 Å². The predicted octanol–water partition coefficient (Wildman–Crippen LogP) is 1.62. The fraction of sp³-hybridized carbons (Fsp3) is 0.231. The molecule has 4 heteroatoms. The maximum absolute atomic E-state index is 8.95. The zero-order valence-electron chi connectivity index (χ0n) is 10.1. The van der Waals surface area contributed by atoms with Gasteiger partial charge in [0.05, 0.1) is 0 Å². The highest BCUT2D eigenvalue weighted by molar-refractivity contribution is 6.58. The smallest absolute Gasteiger partial charge is 0.458 e. The SMILES string of the molecule is C/C=C(\C=C/CC)Oc1ccc(B(O)O)cc1. The van der Waals surface area contributed by atoms with Crippen LogP contribution in [0.4, 0.5) is 0 Å². The highest BCUT2D eigenvalue weighted by Gasteiger charge is 2.09. The van der Waals surface area contributed by atoms with Crippen LogP contribution >= 0.6 is 0 Å². The van der Waals surface area contributed by atoms with E-state index in [9.17, 15) is 0 Å². The Labute approximate surface area is 102 Å². The Hall–Kier alpha value is -1.52. The predicted molar refractivity (Wildman–Crippen MR) is 70.1 cm³/mol. The third-order valence-electron chi connectivity index (χ3n) is 2.22. The molecular weight excluding hydrogens is 215 g/mol. The minimum absolute atomic E-state index is 0.448. The van der Waals surface area contributed by atoms with Gasteiger partial charge in [-0.25, -0.2) is 0 Å². The maximum Gasteiger partial charge on any atom is 0.488 e. The molecule has 0 bridgehead atoms. The Morgan fingerprint density at radius 2 is 1.94 bits per heavy atom. The molecular formula is C13H17BO3. The van der Waals surface area contributed by atoms with Crippen LogP contribution in [0.25, 0.3) is 0 Å². The van der Waals surface area contributed by atoms with Crippen molar-refractivity contribution >= 4 is 12.6 Å². The van der Waals surface area contributed by atoms with Gasteiger partial charge < -0.3 is 14.8 Å². The minimum atomic E-state index is -1.44. The number of benzene rings is 1. The monoisotopic (exact) mass is 232 g/mol. The van der Waals surface area contributed by atoms with Crippen molar-refractivity contribution in [2.24, 2.45) is 0 Å². The average molecular weight is 232 g/mol. The summed E-state index contributed by atoms with van der Waals surface area (Å²) in [4.78, 5) is 0. The highest BCUT2D eigenvalue weighted by Crippen LogP contribution is 2.13. The first kappa shape index (κ1) is 13.5. The second-order valence-electron chi connectivity index (χ2n) is 3.55. The number of hydrogen-bond acceptors (Lipinski definition) is 3. The lowest BCUT2D eigenvalue weighted by molar-refractivity contribution is 0.425. The second kappa shape index (κ2) is 6.94. The highest BCUT2D eigenvalue weighted by atomic mass is 16.5. The van der Waals surface area contributed by atoms with Gasteiger partial charge in [-0.3, -0.25) is 0 Å². The Balaban J connectivity index is 2.71. The topological polar surface area (TPSA) is 49.7 Å². The summed E-state index contributed by atoms with van der Waals surface area (Å²) in [5.74, 6) is 1.44. The van der Waals surface area contributed by atoms with E-state index in [0.717, 1.165) is 12.2 Å². The molecule has 0 saturated heterocycles. The van der Waals surface area contributed by atoms with E-state index in [2.05, 4.69) is 6.92 Å². The molecule has 0 aliphatic rings. The van der Waals surface area contributed by atoms with Crippen molar-refractivity contribution in [2.45, 2.75) is 20.3 Å². The van der Waals surface area contributed by atoms with E-state index in [1.165, 1.54) is 0 Å². The lowest BCUT2D eigenvalue weighted by Gasteiger charge is -2.07. The lowest BCUT2D eigenvalue weighted by Crippen LogP contribution is -2.29. The fourth-order valence-electron chi connectivity index (χ4n) is 1.27. The van der Waals surface area contributed by atoms with Crippen LogP contribution in [0.5, 0.6) is 5.75 Å². The zero-order chi connectivity index (χ0) is 12.7. The summed E-state index contributed by atoms with van der Waals surface area (Å²) in [5.41, 5.74) is 0.448. The molecule has 0 atom stereocenters. The van der Waals surface area contributed by atoms with E-state index >= 15 is 0 Å². The average Bonchev–Trinajstić information content (AvgIpc) is 2.35. The number of ether oxygens (including phenoxy) is 1. The standard InChI is InChI=1S/C13H17BO3/c1-3-5-6-12(4-2)17-13-9-7-11(8-10-13)14(15)16/h4-10,15-16H,3H2,1-2H3/b6-5-,12-4+. The summed E-state index contributed by atoms with van der Waals surface area (Å²) in [5, 5.41) is 17.9. The molecule has 90 valence electrons. The molecule has 1 aromatic carbocycles. The number of rotatable bonds is 5. The van der Waals surface area contributed by atoms with Gasteiger partial charge in [0, 0.05) is 0 Å². The number of allylic oxidation sites excluding steroid dienone is 3. The van der Waals surface area contributed by atoms with E-state index in [0.29, 0.717) is 11.2 Å². The van der Waals surface area contributed by atoms with Crippen LogP contribution < -0.4 is 10.2 Å². The third-order valence-corrected chi connectivity index (χ3v) is 2.22. The Morgan fingerprint density at radius 3 is 2.41 bits per heavy atom. The quantitative estimate of drug-likeness (QED) is 0.460. The van der Waals surface area contributed by atoms with Crippen LogP contribution in [-0.2, 0) is 0 Å². The van der Waals surface area contributed by atoms with Gasteiger partial charge in [-0.2, -0.15) is 0 Å². The van der Waals surface area contributed by atoms with Gasteiger partial charge in [0.2, 0.25) is 0 Å². The molecule has 0 heterocycles. The molecule has 1 rings (SSSR count). The van der Waals surface area contributed by atoms with Crippen LogP contribution in [0.2, 0.25) is 0 Å². The molecule has 1 aromatic rings. The van der Waals surface area contributed by atoms with Crippen molar-refractivity contribution in [1.29, 1.82) is 0 Å². The van der Waals surface area contributed by atoms with Gasteiger partial charge in [0.25, 0.3) is 0 Å². The van der Waals surface area contributed by atoms with Gasteiger partial charge in [0.1, 0.15) is 11.5 Å². The Morgan fingerprint density at radius 1 is 1.29 bits per heavy atom. The molecule has 3 nitrogen and oxygen atoms in total. The van der Waals surface area contributed by atoms with Gasteiger partial charge in [-0.1, -0.05) is 25.1 Å². The molecule has 17 heavy (non-hydrogen) atoms. The molecule has 0 amide bonds. The normalized spacial score (nSPS) is 11.9. The Kier molecular flexibility index (Phi) is 5.53. The summed E-state index contributed by atoms with van der Waals surface area (Å²) in [6.07, 6.45) is 6.76. The summed E-state index contributed by atoms with van der Waals surface area (Å²) < 4.78 is 5.61. The Bertz CT molecular complexity index is 394. The van der Waals surface area contributed by atoms with Crippen molar-refractivity contribution in [1.82, 2.24) is 0 Å². The van der Waals surface area contributed by atoms with Crippen molar-refractivity contribution in [2.75, 3.05) is 0 Å². The zero-order valence-corrected chi connectivity index (χ0v) is 10.1. The van der Waals surface area contributed by atoms with E-state index < -0.39 is 7.12 Å². The first-order chi connectivity index (χ1) is 8.17. The van der Waals surface area contributed by atoms with Crippen molar-refractivity contribution in [3.05, 3.63) is 48.3 Å². The van der Waals surface area contributed by atoms with Crippen molar-refractivity contribution in [3.63, 3.8) is 0 Å². The number of hydrogen-bond donors (Lipinski definition) is 2. The van der Waals surface area contributed by atoms with Gasteiger partial charge in [-0.15, -0.1) is 0 Å². The molecule has 0 saturated carbocycles. The van der Waals surface area contributed by atoms with Gasteiger partial charge in [-0.05, 0) is 43.1 Å². The summed E-state index contributed by atoms with van der Waals surface area (Å²) >= 11 is 0. The van der Waals surface area contributed by atoms with E-state index in [-0.39, 0.29) is 0 Å². The first-order valence-electron chi connectivity index (χ1n) is 5.64. The van der Waals surface area contributed by atoms with Gasteiger partial charge in [0.15, 0.2) is 0 Å².